The Morgan fingerprint density at radius 2 is 2.12 bits per heavy atom. The zero-order chi connectivity index (χ0) is 12.7. The van der Waals surface area contributed by atoms with E-state index in [0.717, 1.165) is 19.4 Å². The van der Waals surface area contributed by atoms with Crippen LogP contribution in [0.1, 0.15) is 23.2 Å². The minimum absolute atomic E-state index is 0.0536. The van der Waals surface area contributed by atoms with Gasteiger partial charge < -0.3 is 16.0 Å². The molecule has 0 aliphatic heterocycles. The van der Waals surface area contributed by atoms with Gasteiger partial charge in [0.15, 0.2) is 0 Å². The van der Waals surface area contributed by atoms with Crippen molar-refractivity contribution in [3.05, 3.63) is 29.8 Å². The van der Waals surface area contributed by atoms with Crippen LogP contribution in [0.25, 0.3) is 0 Å². The summed E-state index contributed by atoms with van der Waals surface area (Å²) in [5.74, 6) is -0.0536. The lowest BCUT2D eigenvalue weighted by molar-refractivity contribution is 0.0953. The Kier molecular flexibility index (Phi) is 5.49. The number of unbranched alkanes of at least 4 members (excludes halogenated alkanes) is 1. The molecule has 0 aliphatic rings. The van der Waals surface area contributed by atoms with Gasteiger partial charge in [0.1, 0.15) is 0 Å². The summed E-state index contributed by atoms with van der Waals surface area (Å²) >= 11 is 0. The van der Waals surface area contributed by atoms with E-state index in [1.807, 2.05) is 14.1 Å². The van der Waals surface area contributed by atoms with Gasteiger partial charge in [0.05, 0.1) is 0 Å². The van der Waals surface area contributed by atoms with Gasteiger partial charge >= 0.3 is 0 Å². The molecule has 0 aromatic heterocycles. The maximum atomic E-state index is 11.7. The van der Waals surface area contributed by atoms with Crippen molar-refractivity contribution >= 4 is 11.6 Å². The fourth-order valence-electron chi connectivity index (χ4n) is 1.54. The van der Waals surface area contributed by atoms with Gasteiger partial charge in [0.25, 0.3) is 5.91 Å². The SMILES string of the molecule is CN(C)CCCCNC(=O)c1cccc(N)c1. The normalized spacial score (nSPS) is 10.5. The van der Waals surface area contributed by atoms with Gasteiger partial charge in [-0.25, -0.2) is 0 Å². The van der Waals surface area contributed by atoms with Gasteiger partial charge in [-0.15, -0.1) is 0 Å². The molecule has 1 amide bonds. The molecule has 0 radical (unpaired) electrons. The van der Waals surface area contributed by atoms with Crippen LogP contribution in [0.5, 0.6) is 0 Å². The molecule has 0 unspecified atom stereocenters. The third-order valence-corrected chi connectivity index (χ3v) is 2.47. The van der Waals surface area contributed by atoms with Crippen LogP contribution in [0, 0.1) is 0 Å². The first kappa shape index (κ1) is 13.5. The van der Waals surface area contributed by atoms with Crippen molar-refractivity contribution in [3.8, 4) is 0 Å². The van der Waals surface area contributed by atoms with Gasteiger partial charge in [-0.05, 0) is 51.7 Å². The maximum Gasteiger partial charge on any atom is 0.251 e. The van der Waals surface area contributed by atoms with E-state index in [1.165, 1.54) is 0 Å². The number of nitrogens with zero attached hydrogens (tertiary/aromatic N) is 1. The van der Waals surface area contributed by atoms with Crippen molar-refractivity contribution in [2.75, 3.05) is 32.9 Å². The van der Waals surface area contributed by atoms with E-state index in [2.05, 4.69) is 10.2 Å². The number of rotatable bonds is 6. The topological polar surface area (TPSA) is 58.4 Å². The molecule has 0 bridgehead atoms. The number of hydrogen-bond acceptors (Lipinski definition) is 3. The van der Waals surface area contributed by atoms with E-state index in [-0.39, 0.29) is 5.91 Å². The van der Waals surface area contributed by atoms with Crippen LogP contribution in [0.3, 0.4) is 0 Å². The molecule has 4 nitrogen and oxygen atoms in total. The van der Waals surface area contributed by atoms with Gasteiger partial charge in [0, 0.05) is 17.8 Å². The van der Waals surface area contributed by atoms with Crippen LogP contribution in [-0.2, 0) is 0 Å². The number of amides is 1. The summed E-state index contributed by atoms with van der Waals surface area (Å²) in [4.78, 5) is 13.9. The minimum Gasteiger partial charge on any atom is -0.399 e. The van der Waals surface area contributed by atoms with E-state index >= 15 is 0 Å². The maximum absolute atomic E-state index is 11.7. The molecule has 1 rings (SSSR count). The fourth-order valence-corrected chi connectivity index (χ4v) is 1.54. The highest BCUT2D eigenvalue weighted by molar-refractivity contribution is 5.94. The average molecular weight is 235 g/mol. The Morgan fingerprint density at radius 1 is 1.35 bits per heavy atom. The van der Waals surface area contributed by atoms with Crippen molar-refractivity contribution in [2.24, 2.45) is 0 Å². The minimum atomic E-state index is -0.0536. The monoisotopic (exact) mass is 235 g/mol. The Bertz CT molecular complexity index is 363. The lowest BCUT2D eigenvalue weighted by Gasteiger charge is -2.09. The lowest BCUT2D eigenvalue weighted by Crippen LogP contribution is -2.25. The predicted molar refractivity (Wildman–Crippen MR) is 71.0 cm³/mol. The number of nitrogens with two attached hydrogens (primary N) is 1. The van der Waals surface area contributed by atoms with Crippen molar-refractivity contribution in [1.82, 2.24) is 10.2 Å². The largest absolute Gasteiger partial charge is 0.399 e. The molecule has 94 valence electrons. The standard InChI is InChI=1S/C13H21N3O/c1-16(2)9-4-3-8-15-13(17)11-6-5-7-12(14)10-11/h5-7,10H,3-4,8-9,14H2,1-2H3,(H,15,17). The number of nitrogen functional groups attached to an aromatic ring is 1. The summed E-state index contributed by atoms with van der Waals surface area (Å²) in [5.41, 5.74) is 6.86. The highest BCUT2D eigenvalue weighted by Crippen LogP contribution is 2.06. The molecule has 0 saturated carbocycles. The second-order valence-corrected chi connectivity index (χ2v) is 4.39. The third kappa shape index (κ3) is 5.36. The van der Waals surface area contributed by atoms with Crippen LogP contribution >= 0.6 is 0 Å². The van der Waals surface area contributed by atoms with E-state index in [4.69, 9.17) is 5.73 Å². The molecule has 0 fully saturated rings. The first-order chi connectivity index (χ1) is 8.09. The van der Waals surface area contributed by atoms with Crippen LogP contribution in [0.15, 0.2) is 24.3 Å². The number of anilines is 1. The molecular formula is C13H21N3O. The fraction of sp³-hybridized carbons (Fsp3) is 0.462. The summed E-state index contributed by atoms with van der Waals surface area (Å²) in [6, 6.07) is 7.02. The van der Waals surface area contributed by atoms with Crippen LogP contribution in [0.4, 0.5) is 5.69 Å². The first-order valence-electron chi connectivity index (χ1n) is 5.88. The number of hydrogen-bond donors (Lipinski definition) is 2. The molecule has 1 aromatic carbocycles. The smallest absolute Gasteiger partial charge is 0.251 e. The number of benzene rings is 1. The van der Waals surface area contributed by atoms with Crippen LogP contribution in [-0.4, -0.2) is 38.0 Å². The Hall–Kier alpha value is -1.55. The second-order valence-electron chi connectivity index (χ2n) is 4.39. The molecule has 0 heterocycles. The van der Waals surface area contributed by atoms with E-state index in [1.54, 1.807) is 24.3 Å². The molecule has 0 spiro atoms. The molecule has 0 aliphatic carbocycles. The zero-order valence-electron chi connectivity index (χ0n) is 10.6. The molecule has 0 atom stereocenters. The highest BCUT2D eigenvalue weighted by Gasteiger charge is 2.04. The Morgan fingerprint density at radius 3 is 2.76 bits per heavy atom. The molecule has 17 heavy (non-hydrogen) atoms. The first-order valence-corrected chi connectivity index (χ1v) is 5.88. The van der Waals surface area contributed by atoms with Gasteiger partial charge in [-0.1, -0.05) is 6.07 Å². The highest BCUT2D eigenvalue weighted by atomic mass is 16.1. The zero-order valence-corrected chi connectivity index (χ0v) is 10.6. The van der Waals surface area contributed by atoms with Gasteiger partial charge in [0.2, 0.25) is 0 Å². The number of carbonyl (C=O) groups excluding carboxylic acids is 1. The summed E-state index contributed by atoms with van der Waals surface area (Å²) in [6.45, 7) is 1.76. The Balaban J connectivity index is 2.26. The summed E-state index contributed by atoms with van der Waals surface area (Å²) < 4.78 is 0. The number of nitrogens with one attached hydrogen (secondary N) is 1. The van der Waals surface area contributed by atoms with Crippen LogP contribution in [0.2, 0.25) is 0 Å². The molecule has 1 aromatic rings. The van der Waals surface area contributed by atoms with Crippen molar-refractivity contribution in [3.63, 3.8) is 0 Å². The molecule has 4 heteroatoms. The Labute approximate surface area is 103 Å². The van der Waals surface area contributed by atoms with Gasteiger partial charge in [-0.2, -0.15) is 0 Å². The quantitative estimate of drug-likeness (QED) is 0.578. The third-order valence-electron chi connectivity index (χ3n) is 2.47. The molecule has 3 N–H and O–H groups in total. The van der Waals surface area contributed by atoms with Crippen molar-refractivity contribution < 1.29 is 4.79 Å². The summed E-state index contributed by atoms with van der Waals surface area (Å²) in [6.07, 6.45) is 2.08. The molecule has 0 saturated heterocycles. The van der Waals surface area contributed by atoms with E-state index in [9.17, 15) is 4.79 Å². The lowest BCUT2D eigenvalue weighted by atomic mass is 10.2. The summed E-state index contributed by atoms with van der Waals surface area (Å²) in [7, 11) is 4.09. The second kappa shape index (κ2) is 6.91. The predicted octanol–water partition coefficient (Wildman–Crippen LogP) is 1.34. The number of carbonyl (C=O) groups is 1. The van der Waals surface area contributed by atoms with Crippen molar-refractivity contribution in [2.45, 2.75) is 12.8 Å². The van der Waals surface area contributed by atoms with E-state index < -0.39 is 0 Å². The molecular weight excluding hydrogens is 214 g/mol. The van der Waals surface area contributed by atoms with Crippen molar-refractivity contribution in [1.29, 1.82) is 0 Å². The summed E-state index contributed by atoms with van der Waals surface area (Å²) in [5, 5.41) is 2.89. The van der Waals surface area contributed by atoms with Crippen LogP contribution < -0.4 is 11.1 Å². The van der Waals surface area contributed by atoms with E-state index in [0.29, 0.717) is 17.8 Å². The average Bonchev–Trinajstić information content (AvgIpc) is 2.28. The van der Waals surface area contributed by atoms with Gasteiger partial charge in [-0.3, -0.25) is 4.79 Å².